The Kier molecular flexibility index (Phi) is 4.31. The van der Waals surface area contributed by atoms with Gasteiger partial charge in [0.1, 0.15) is 0 Å². The molecule has 1 aliphatic rings. The van der Waals surface area contributed by atoms with E-state index in [2.05, 4.69) is 93.5 Å². The zero-order valence-corrected chi connectivity index (χ0v) is 15.6. The number of hydrogen-bond acceptors (Lipinski definition) is 1. The highest BCUT2D eigenvalue weighted by Crippen LogP contribution is 2.32. The fourth-order valence-corrected chi connectivity index (χ4v) is 3.78. The largest absolute Gasteiger partial charge is 0.289 e. The Bertz CT molecular complexity index is 816. The Labute approximate surface area is 145 Å². The summed E-state index contributed by atoms with van der Waals surface area (Å²) in [5.74, 6) is 0. The maximum absolute atomic E-state index is 2.43. The maximum atomic E-state index is 2.43. The van der Waals surface area contributed by atoms with Crippen molar-refractivity contribution in [1.82, 2.24) is 0 Å². The third-order valence-electron chi connectivity index (χ3n) is 4.97. The molecule has 0 N–H and O–H groups in total. The van der Waals surface area contributed by atoms with Gasteiger partial charge in [-0.1, -0.05) is 36.4 Å². The minimum atomic E-state index is 0.853. The first-order valence-corrected chi connectivity index (χ1v) is 8.59. The molecule has 0 spiro atoms. The summed E-state index contributed by atoms with van der Waals surface area (Å²) < 4.78 is 2.43. The van der Waals surface area contributed by atoms with Crippen molar-refractivity contribution in [3.8, 4) is 0 Å². The lowest BCUT2D eigenvalue weighted by atomic mass is 10.1. The lowest BCUT2D eigenvalue weighted by Gasteiger charge is -2.30. The number of para-hydroxylation sites is 2. The molecule has 0 atom stereocenters. The first-order chi connectivity index (χ1) is 11.4. The third-order valence-corrected chi connectivity index (χ3v) is 4.97. The molecule has 0 aromatic heterocycles. The standard InChI is InChI=1S/C22H27N2/c1-15-9-7-10-16(2)21(15)23-14-24(20(6)13-19(23)5)22-17(3)11-8-12-18(22)4/h7-13H,14H2,1-6H3/q+1. The van der Waals surface area contributed by atoms with Gasteiger partial charge in [-0.05, 0) is 45.7 Å². The molecular weight excluding hydrogens is 292 g/mol. The van der Waals surface area contributed by atoms with E-state index < -0.39 is 0 Å². The van der Waals surface area contributed by atoms with Gasteiger partial charge in [0.25, 0.3) is 0 Å². The van der Waals surface area contributed by atoms with Crippen LogP contribution in [0.1, 0.15) is 36.1 Å². The molecule has 24 heavy (non-hydrogen) atoms. The molecule has 1 aliphatic heterocycles. The normalized spacial score (nSPS) is 14.9. The molecule has 2 heteroatoms. The van der Waals surface area contributed by atoms with Crippen LogP contribution in [0.25, 0.3) is 0 Å². The molecule has 0 fully saturated rings. The van der Waals surface area contributed by atoms with Crippen LogP contribution in [-0.2, 0) is 0 Å². The van der Waals surface area contributed by atoms with Gasteiger partial charge in [-0.25, -0.2) is 0 Å². The highest BCUT2D eigenvalue weighted by molar-refractivity contribution is 5.91. The van der Waals surface area contributed by atoms with Gasteiger partial charge in [0.2, 0.25) is 12.4 Å². The van der Waals surface area contributed by atoms with Crippen LogP contribution in [0.4, 0.5) is 11.4 Å². The van der Waals surface area contributed by atoms with Crippen molar-refractivity contribution in [1.29, 1.82) is 0 Å². The second-order valence-electron chi connectivity index (χ2n) is 6.91. The van der Waals surface area contributed by atoms with Crippen LogP contribution in [0.2, 0.25) is 0 Å². The van der Waals surface area contributed by atoms with Crippen molar-refractivity contribution in [2.75, 3.05) is 11.6 Å². The first kappa shape index (κ1) is 16.5. The van der Waals surface area contributed by atoms with Gasteiger partial charge in [0.05, 0.1) is 5.69 Å². The van der Waals surface area contributed by atoms with Gasteiger partial charge in [0.15, 0.2) is 5.71 Å². The van der Waals surface area contributed by atoms with E-state index in [9.17, 15) is 0 Å². The number of anilines is 1. The molecule has 0 amide bonds. The number of aryl methyl sites for hydroxylation is 4. The number of rotatable bonds is 2. The average molecular weight is 319 g/mol. The molecule has 1 heterocycles. The number of nitrogens with zero attached hydrogens (tertiary/aromatic N) is 2. The zero-order chi connectivity index (χ0) is 17.4. The first-order valence-electron chi connectivity index (χ1n) is 8.59. The summed E-state index contributed by atoms with van der Waals surface area (Å²) in [5, 5.41) is 0. The van der Waals surface area contributed by atoms with E-state index in [1.807, 2.05) is 0 Å². The predicted molar refractivity (Wildman–Crippen MR) is 104 cm³/mol. The lowest BCUT2D eigenvalue weighted by Crippen LogP contribution is -2.36. The molecule has 2 aromatic rings. The van der Waals surface area contributed by atoms with E-state index in [1.165, 1.54) is 45.0 Å². The summed E-state index contributed by atoms with van der Waals surface area (Å²) in [6, 6.07) is 13.1. The van der Waals surface area contributed by atoms with Crippen LogP contribution < -0.4 is 4.90 Å². The van der Waals surface area contributed by atoms with E-state index in [4.69, 9.17) is 0 Å². The van der Waals surface area contributed by atoms with E-state index in [0.717, 1.165) is 6.67 Å². The van der Waals surface area contributed by atoms with E-state index in [-0.39, 0.29) is 0 Å². The molecule has 0 radical (unpaired) electrons. The lowest BCUT2D eigenvalue weighted by molar-refractivity contribution is -0.441. The second-order valence-corrected chi connectivity index (χ2v) is 6.91. The second kappa shape index (κ2) is 6.27. The van der Waals surface area contributed by atoms with Crippen LogP contribution in [-0.4, -0.2) is 17.0 Å². The van der Waals surface area contributed by atoms with Crippen molar-refractivity contribution in [3.63, 3.8) is 0 Å². The molecule has 0 saturated heterocycles. The smallest absolute Gasteiger partial charge is 0.228 e. The fourth-order valence-electron chi connectivity index (χ4n) is 3.78. The van der Waals surface area contributed by atoms with Gasteiger partial charge in [-0.3, -0.25) is 4.90 Å². The summed E-state index contributed by atoms with van der Waals surface area (Å²) in [4.78, 5) is 2.43. The quantitative estimate of drug-likeness (QED) is 0.671. The van der Waals surface area contributed by atoms with Crippen molar-refractivity contribution >= 4 is 17.1 Å². The Hall–Kier alpha value is -2.35. The molecule has 2 aromatic carbocycles. The SMILES string of the molecule is CC1=CC(C)=[N+](c2c(C)cccc2C)CN1c1c(C)cccc1C. The Morgan fingerprint density at radius 2 is 1.25 bits per heavy atom. The molecule has 124 valence electrons. The molecule has 0 bridgehead atoms. The topological polar surface area (TPSA) is 6.25 Å². The van der Waals surface area contributed by atoms with Crippen molar-refractivity contribution in [2.24, 2.45) is 0 Å². The van der Waals surface area contributed by atoms with Crippen LogP contribution in [0.5, 0.6) is 0 Å². The number of allylic oxidation sites excluding steroid dienone is 2. The minimum absolute atomic E-state index is 0.853. The number of hydrogen-bond donors (Lipinski definition) is 0. The monoisotopic (exact) mass is 319 g/mol. The molecule has 2 nitrogen and oxygen atoms in total. The Morgan fingerprint density at radius 1 is 0.750 bits per heavy atom. The molecule has 0 aliphatic carbocycles. The summed E-state index contributed by atoms with van der Waals surface area (Å²) in [6.45, 7) is 14.1. The molecular formula is C22H27N2+. The summed E-state index contributed by atoms with van der Waals surface area (Å²) in [7, 11) is 0. The van der Waals surface area contributed by atoms with E-state index in [0.29, 0.717) is 0 Å². The van der Waals surface area contributed by atoms with E-state index >= 15 is 0 Å². The highest BCUT2D eigenvalue weighted by Gasteiger charge is 2.28. The predicted octanol–water partition coefficient (Wildman–Crippen LogP) is 5.41. The van der Waals surface area contributed by atoms with Crippen LogP contribution >= 0.6 is 0 Å². The van der Waals surface area contributed by atoms with Gasteiger partial charge >= 0.3 is 0 Å². The van der Waals surface area contributed by atoms with Gasteiger partial charge in [-0.15, -0.1) is 0 Å². The van der Waals surface area contributed by atoms with Gasteiger partial charge in [-0.2, -0.15) is 4.58 Å². The molecule has 0 saturated carbocycles. The average Bonchev–Trinajstić information content (AvgIpc) is 2.50. The van der Waals surface area contributed by atoms with E-state index in [1.54, 1.807) is 0 Å². The third kappa shape index (κ3) is 2.77. The van der Waals surface area contributed by atoms with Crippen LogP contribution in [0.3, 0.4) is 0 Å². The Balaban J connectivity index is 2.13. The zero-order valence-electron chi connectivity index (χ0n) is 15.6. The molecule has 3 rings (SSSR count). The fraction of sp³-hybridized carbons (Fsp3) is 0.318. The molecule has 0 unspecified atom stereocenters. The summed E-state index contributed by atoms with van der Waals surface area (Å²) in [5.41, 5.74) is 10.5. The van der Waals surface area contributed by atoms with Crippen LogP contribution in [0.15, 0.2) is 48.2 Å². The van der Waals surface area contributed by atoms with Crippen molar-refractivity contribution in [3.05, 3.63) is 70.4 Å². The maximum Gasteiger partial charge on any atom is 0.228 e. The van der Waals surface area contributed by atoms with Crippen molar-refractivity contribution < 1.29 is 4.58 Å². The van der Waals surface area contributed by atoms with Crippen molar-refractivity contribution in [2.45, 2.75) is 41.5 Å². The summed E-state index contributed by atoms with van der Waals surface area (Å²) >= 11 is 0. The van der Waals surface area contributed by atoms with Crippen LogP contribution in [0, 0.1) is 27.7 Å². The Morgan fingerprint density at radius 3 is 1.79 bits per heavy atom. The number of benzene rings is 2. The highest BCUT2D eigenvalue weighted by atomic mass is 15.3. The van der Waals surface area contributed by atoms with Gasteiger partial charge < -0.3 is 0 Å². The van der Waals surface area contributed by atoms with Gasteiger partial charge in [0, 0.05) is 29.8 Å². The summed E-state index contributed by atoms with van der Waals surface area (Å²) in [6.07, 6.45) is 2.29. The minimum Gasteiger partial charge on any atom is -0.289 e.